The number of hydrogen-bond donors (Lipinski definition) is 3. The first-order valence-electron chi connectivity index (χ1n) is 9.47. The van der Waals surface area contributed by atoms with E-state index in [1.54, 1.807) is 24.3 Å². The summed E-state index contributed by atoms with van der Waals surface area (Å²) >= 11 is 0. The summed E-state index contributed by atoms with van der Waals surface area (Å²) in [6.45, 7) is -0.181. The molecule has 0 aliphatic carbocycles. The van der Waals surface area contributed by atoms with Crippen molar-refractivity contribution in [1.82, 2.24) is 9.55 Å². The highest BCUT2D eigenvalue weighted by Crippen LogP contribution is 2.35. The predicted octanol–water partition coefficient (Wildman–Crippen LogP) is 0.126. The van der Waals surface area contributed by atoms with Crippen molar-refractivity contribution in [1.29, 1.82) is 5.26 Å². The summed E-state index contributed by atoms with van der Waals surface area (Å²) in [4.78, 5) is 35.5. The predicted molar refractivity (Wildman–Crippen MR) is 110 cm³/mol. The zero-order valence-electron chi connectivity index (χ0n) is 16.6. The molecule has 6 atom stereocenters. The van der Waals surface area contributed by atoms with Gasteiger partial charge in [-0.1, -0.05) is 12.1 Å². The number of hydrogen-bond acceptors (Lipinski definition) is 10. The minimum Gasteiger partial charge on any atom is -0.491 e. The molecule has 1 aromatic carbocycles. The highest BCUT2D eigenvalue weighted by Gasteiger charge is 2.47. The molecule has 1 aromatic heterocycles. The molecular weight excluding hydrogens is 443 g/mol. The van der Waals surface area contributed by atoms with Crippen LogP contribution >= 0.6 is 8.25 Å². The molecule has 0 spiro atoms. The van der Waals surface area contributed by atoms with Crippen LogP contribution in [0.4, 0.5) is 5.82 Å². The zero-order valence-corrected chi connectivity index (χ0v) is 17.6. The van der Waals surface area contributed by atoms with Crippen molar-refractivity contribution in [2.24, 2.45) is 0 Å². The number of aromatic nitrogens is 2. The largest absolute Gasteiger partial charge is 0.491 e. The lowest BCUT2D eigenvalue weighted by Gasteiger charge is -2.19. The standard InChI is InChI=1S/C19H21N4O8P/c20-9-12(6-8-24)11-1-3-13(4-2-11)29-10-14-17(31-32(27)28)16(25)18(30-14)23-7-5-15(21)22-19(23)26/h1-5,7-8,12,14,16-18,25,32H,6,10H2,(H,27,28)(H2,21,22,26)/t12?,14-,16-,17-,18-/m1/s1. The van der Waals surface area contributed by atoms with Gasteiger partial charge in [-0.3, -0.25) is 9.13 Å². The maximum absolute atomic E-state index is 12.1. The normalized spacial score (nSPS) is 24.4. The number of aldehydes is 1. The molecule has 2 aromatic rings. The van der Waals surface area contributed by atoms with E-state index in [1.807, 2.05) is 6.07 Å². The second kappa shape index (κ2) is 10.5. The minimum atomic E-state index is -3.44. The maximum Gasteiger partial charge on any atom is 0.351 e. The summed E-state index contributed by atoms with van der Waals surface area (Å²) in [6, 6.07) is 9.84. The fourth-order valence-electron chi connectivity index (χ4n) is 3.30. The summed E-state index contributed by atoms with van der Waals surface area (Å²) in [5, 5.41) is 19.7. The van der Waals surface area contributed by atoms with Crippen LogP contribution in [-0.2, 0) is 18.6 Å². The Morgan fingerprint density at radius 2 is 2.09 bits per heavy atom. The molecule has 1 fully saturated rings. The lowest BCUT2D eigenvalue weighted by atomic mass is 9.98. The average Bonchev–Trinajstić information content (AvgIpc) is 3.06. The summed E-state index contributed by atoms with van der Waals surface area (Å²) < 4.78 is 28.6. The number of carbonyl (C=O) groups excluding carboxylic acids is 1. The Balaban J connectivity index is 1.74. The third-order valence-electron chi connectivity index (χ3n) is 4.86. The molecular formula is C19H21N4O8P. The van der Waals surface area contributed by atoms with E-state index in [-0.39, 0.29) is 18.8 Å². The highest BCUT2D eigenvalue weighted by atomic mass is 31.1. The number of carbonyl (C=O) groups is 1. The maximum atomic E-state index is 12.1. The number of rotatable bonds is 9. The van der Waals surface area contributed by atoms with Gasteiger partial charge in [-0.05, 0) is 23.8 Å². The molecule has 4 N–H and O–H groups in total. The zero-order chi connectivity index (χ0) is 23.3. The quantitative estimate of drug-likeness (QED) is 0.338. The van der Waals surface area contributed by atoms with Crippen molar-refractivity contribution < 1.29 is 33.4 Å². The Morgan fingerprint density at radius 1 is 1.38 bits per heavy atom. The molecule has 13 heteroatoms. The van der Waals surface area contributed by atoms with Gasteiger partial charge in [0.25, 0.3) is 0 Å². The van der Waals surface area contributed by atoms with Crippen molar-refractivity contribution in [2.75, 3.05) is 12.3 Å². The van der Waals surface area contributed by atoms with Crippen LogP contribution in [0.25, 0.3) is 0 Å². The molecule has 0 saturated carbocycles. The van der Waals surface area contributed by atoms with E-state index in [0.29, 0.717) is 17.6 Å². The molecule has 12 nitrogen and oxygen atoms in total. The van der Waals surface area contributed by atoms with E-state index in [1.165, 1.54) is 12.3 Å². The number of aliphatic hydroxyl groups is 1. The smallest absolute Gasteiger partial charge is 0.351 e. The second-order valence-corrected chi connectivity index (χ2v) is 7.68. The lowest BCUT2D eigenvalue weighted by Crippen LogP contribution is -2.37. The van der Waals surface area contributed by atoms with Gasteiger partial charge >= 0.3 is 13.9 Å². The van der Waals surface area contributed by atoms with Gasteiger partial charge in [0.05, 0.1) is 12.0 Å². The Kier molecular flexibility index (Phi) is 7.74. The number of anilines is 1. The Morgan fingerprint density at radius 3 is 2.69 bits per heavy atom. The molecule has 0 radical (unpaired) electrons. The third kappa shape index (κ3) is 5.40. The fourth-order valence-corrected chi connectivity index (χ4v) is 3.82. The minimum absolute atomic E-state index is 0.0120. The van der Waals surface area contributed by atoms with Crippen LogP contribution in [0, 0.1) is 11.3 Å². The van der Waals surface area contributed by atoms with Gasteiger partial charge in [-0.2, -0.15) is 10.2 Å². The number of nitriles is 1. The topological polar surface area (TPSA) is 187 Å². The van der Waals surface area contributed by atoms with Gasteiger partial charge in [0.2, 0.25) is 0 Å². The third-order valence-corrected chi connectivity index (χ3v) is 5.33. The van der Waals surface area contributed by atoms with Gasteiger partial charge < -0.3 is 34.5 Å². The van der Waals surface area contributed by atoms with Crippen LogP contribution in [0.2, 0.25) is 0 Å². The summed E-state index contributed by atoms with van der Waals surface area (Å²) in [6.07, 6.45) is -2.92. The van der Waals surface area contributed by atoms with E-state index < -0.39 is 44.4 Å². The van der Waals surface area contributed by atoms with E-state index in [2.05, 4.69) is 4.98 Å². The van der Waals surface area contributed by atoms with Gasteiger partial charge in [-0.15, -0.1) is 0 Å². The van der Waals surface area contributed by atoms with Crippen LogP contribution in [-0.4, -0.2) is 50.8 Å². The van der Waals surface area contributed by atoms with E-state index in [4.69, 9.17) is 25.0 Å². The molecule has 0 amide bonds. The van der Waals surface area contributed by atoms with E-state index in [0.717, 1.165) is 4.57 Å². The molecule has 2 unspecified atom stereocenters. The van der Waals surface area contributed by atoms with Crippen molar-refractivity contribution in [2.45, 2.75) is 36.9 Å². The Hall–Kier alpha value is -3.07. The second-order valence-electron chi connectivity index (χ2n) is 6.91. The van der Waals surface area contributed by atoms with Crippen LogP contribution in [0.5, 0.6) is 5.75 Å². The fraction of sp³-hybridized carbons (Fsp3) is 0.368. The number of ether oxygens (including phenoxy) is 2. The van der Waals surface area contributed by atoms with Crippen LogP contribution in [0.1, 0.15) is 24.1 Å². The lowest BCUT2D eigenvalue weighted by molar-refractivity contribution is -0.108. The van der Waals surface area contributed by atoms with E-state index >= 15 is 0 Å². The molecule has 1 saturated heterocycles. The van der Waals surface area contributed by atoms with Crippen LogP contribution in [0.15, 0.2) is 41.3 Å². The van der Waals surface area contributed by atoms with Crippen molar-refractivity contribution >= 4 is 20.4 Å². The molecule has 1 aliphatic rings. The van der Waals surface area contributed by atoms with Crippen molar-refractivity contribution in [3.8, 4) is 11.8 Å². The summed E-state index contributed by atoms with van der Waals surface area (Å²) in [5.74, 6) is -0.190. The molecule has 1 aliphatic heterocycles. The Labute approximate surface area is 182 Å². The molecule has 3 rings (SSSR count). The number of aliphatic hydroxyl groups excluding tert-OH is 1. The van der Waals surface area contributed by atoms with Crippen molar-refractivity contribution in [3.05, 3.63) is 52.6 Å². The molecule has 0 bridgehead atoms. The van der Waals surface area contributed by atoms with E-state index in [9.17, 15) is 24.2 Å². The van der Waals surface area contributed by atoms with Crippen molar-refractivity contribution in [3.63, 3.8) is 0 Å². The van der Waals surface area contributed by atoms with Crippen LogP contribution in [0.3, 0.4) is 0 Å². The first-order valence-corrected chi connectivity index (χ1v) is 10.7. The van der Waals surface area contributed by atoms with Gasteiger partial charge in [0.1, 0.15) is 42.8 Å². The van der Waals surface area contributed by atoms with Gasteiger partial charge in [0, 0.05) is 12.6 Å². The van der Waals surface area contributed by atoms with Gasteiger partial charge in [-0.25, -0.2) is 4.79 Å². The number of benzene rings is 1. The first kappa shape index (κ1) is 23.6. The molecule has 2 heterocycles. The monoisotopic (exact) mass is 464 g/mol. The highest BCUT2D eigenvalue weighted by molar-refractivity contribution is 7.32. The summed E-state index contributed by atoms with van der Waals surface area (Å²) in [5.41, 5.74) is 5.34. The van der Waals surface area contributed by atoms with Crippen LogP contribution < -0.4 is 16.2 Å². The number of nitrogens with zero attached hydrogens (tertiary/aromatic N) is 3. The molecule has 32 heavy (non-hydrogen) atoms. The Bertz CT molecular complexity index is 1070. The SMILES string of the molecule is N#CC(CC=O)c1ccc(OC[C@H]2O[C@@H](n3ccc(N)nc3=O)[C@H](O)[C@@H]2O[PH](=O)O)cc1. The average molecular weight is 464 g/mol. The van der Waals surface area contributed by atoms with Gasteiger partial charge in [0.15, 0.2) is 6.23 Å². The first-order chi connectivity index (χ1) is 15.3. The number of nitrogens with two attached hydrogens (primary N) is 1. The molecule has 170 valence electrons. The summed E-state index contributed by atoms with van der Waals surface area (Å²) in [7, 11) is -3.44. The number of nitrogen functional groups attached to an aromatic ring is 1.